The van der Waals surface area contributed by atoms with E-state index in [1.165, 1.54) is 12.4 Å². The van der Waals surface area contributed by atoms with Crippen LogP contribution in [0.2, 0.25) is 0 Å². The molecule has 1 heterocycles. The molecule has 2 aromatic carbocycles. The van der Waals surface area contributed by atoms with Crippen LogP contribution in [0.1, 0.15) is 31.8 Å². The lowest BCUT2D eigenvalue weighted by molar-refractivity contribution is 0.0956. The minimum Gasteiger partial charge on any atom is -0.321 e. The summed E-state index contributed by atoms with van der Waals surface area (Å²) < 4.78 is 0. The molecule has 0 radical (unpaired) electrons. The Labute approximate surface area is 169 Å². The van der Waals surface area contributed by atoms with Gasteiger partial charge in [-0.2, -0.15) is 5.10 Å². The van der Waals surface area contributed by atoms with E-state index >= 15 is 0 Å². The maximum absolute atomic E-state index is 12.4. The molecule has 7 heteroatoms. The molecule has 1 aromatic heterocycles. The monoisotopic (exact) mass is 394 g/mol. The smallest absolute Gasteiger partial charge is 0.273 e. The molecule has 28 heavy (non-hydrogen) atoms. The summed E-state index contributed by atoms with van der Waals surface area (Å²) in [6, 6.07) is 17.7. The minimum absolute atomic E-state index is 0. The van der Waals surface area contributed by atoms with Gasteiger partial charge in [0.1, 0.15) is 0 Å². The van der Waals surface area contributed by atoms with Crippen LogP contribution >= 0.6 is 12.4 Å². The van der Waals surface area contributed by atoms with Crippen molar-refractivity contribution in [3.05, 3.63) is 95.3 Å². The number of aryl methyl sites for hydroxylation is 1. The van der Waals surface area contributed by atoms with Crippen molar-refractivity contribution in [2.45, 2.75) is 6.92 Å². The molecule has 3 aromatic rings. The molecular weight excluding hydrogens is 376 g/mol. The van der Waals surface area contributed by atoms with Crippen LogP contribution in [-0.2, 0) is 0 Å². The SMILES string of the molecule is Cc1ccc(C=NNC(=O)c2ccccc2NC(=O)c2ccncc2)cc1.Cl. The molecule has 0 atom stereocenters. The second-order valence-corrected chi connectivity index (χ2v) is 5.85. The van der Waals surface area contributed by atoms with E-state index in [2.05, 4.69) is 20.8 Å². The number of hydrogen-bond acceptors (Lipinski definition) is 4. The molecule has 3 rings (SSSR count). The van der Waals surface area contributed by atoms with Crippen LogP contribution in [-0.4, -0.2) is 23.0 Å². The van der Waals surface area contributed by atoms with Gasteiger partial charge in [0, 0.05) is 18.0 Å². The van der Waals surface area contributed by atoms with Crippen molar-refractivity contribution in [2.75, 3.05) is 5.32 Å². The highest BCUT2D eigenvalue weighted by Crippen LogP contribution is 2.16. The Kier molecular flexibility index (Phi) is 7.42. The highest BCUT2D eigenvalue weighted by molar-refractivity contribution is 6.09. The largest absolute Gasteiger partial charge is 0.321 e. The average molecular weight is 395 g/mol. The van der Waals surface area contributed by atoms with Crippen molar-refractivity contribution in [1.29, 1.82) is 0 Å². The van der Waals surface area contributed by atoms with Crippen LogP contribution < -0.4 is 10.7 Å². The predicted octanol–water partition coefficient (Wildman–Crippen LogP) is 3.83. The normalized spacial score (nSPS) is 10.2. The van der Waals surface area contributed by atoms with Gasteiger partial charge in [0.15, 0.2) is 0 Å². The number of anilines is 1. The van der Waals surface area contributed by atoms with E-state index in [1.807, 2.05) is 31.2 Å². The summed E-state index contributed by atoms with van der Waals surface area (Å²) in [5, 5.41) is 6.72. The van der Waals surface area contributed by atoms with Crippen LogP contribution in [0.3, 0.4) is 0 Å². The fourth-order valence-electron chi connectivity index (χ4n) is 2.37. The van der Waals surface area contributed by atoms with Crippen LogP contribution in [0.15, 0.2) is 78.2 Å². The number of hydrogen-bond donors (Lipinski definition) is 2. The van der Waals surface area contributed by atoms with Crippen molar-refractivity contribution in [3.8, 4) is 0 Å². The van der Waals surface area contributed by atoms with E-state index < -0.39 is 5.91 Å². The molecule has 2 N–H and O–H groups in total. The lowest BCUT2D eigenvalue weighted by Gasteiger charge is -2.09. The van der Waals surface area contributed by atoms with Crippen LogP contribution in [0.5, 0.6) is 0 Å². The zero-order chi connectivity index (χ0) is 19.1. The van der Waals surface area contributed by atoms with Gasteiger partial charge in [-0.05, 0) is 36.8 Å². The van der Waals surface area contributed by atoms with E-state index in [-0.39, 0.29) is 18.3 Å². The fraction of sp³-hybridized carbons (Fsp3) is 0.0476. The standard InChI is InChI=1S/C21H18N4O2.ClH/c1-15-6-8-16(9-7-15)14-23-25-21(27)18-4-2-3-5-19(18)24-20(26)17-10-12-22-13-11-17;/h2-14H,1H3,(H,24,26)(H,25,27);1H. The third-order valence-electron chi connectivity index (χ3n) is 3.82. The average Bonchev–Trinajstić information content (AvgIpc) is 2.70. The molecule has 0 aliphatic carbocycles. The highest BCUT2D eigenvalue weighted by Gasteiger charge is 2.13. The summed E-state index contributed by atoms with van der Waals surface area (Å²) in [5.74, 6) is -0.732. The number of aromatic nitrogens is 1. The number of para-hydroxylation sites is 1. The van der Waals surface area contributed by atoms with Gasteiger partial charge in [-0.3, -0.25) is 14.6 Å². The van der Waals surface area contributed by atoms with Gasteiger partial charge in [0.2, 0.25) is 0 Å². The maximum atomic E-state index is 12.4. The van der Waals surface area contributed by atoms with E-state index in [1.54, 1.807) is 42.6 Å². The number of rotatable bonds is 5. The quantitative estimate of drug-likeness (QED) is 0.509. The van der Waals surface area contributed by atoms with Crippen molar-refractivity contribution >= 4 is 36.1 Å². The molecule has 0 spiro atoms. The second kappa shape index (κ2) is 9.99. The van der Waals surface area contributed by atoms with Gasteiger partial charge in [0.05, 0.1) is 17.5 Å². The van der Waals surface area contributed by atoms with Gasteiger partial charge in [-0.1, -0.05) is 42.0 Å². The number of benzene rings is 2. The summed E-state index contributed by atoms with van der Waals surface area (Å²) in [5.41, 5.74) is 5.69. The van der Waals surface area contributed by atoms with E-state index in [0.717, 1.165) is 11.1 Å². The zero-order valence-corrected chi connectivity index (χ0v) is 15.9. The molecule has 0 aliphatic rings. The summed E-state index contributed by atoms with van der Waals surface area (Å²) in [4.78, 5) is 28.6. The van der Waals surface area contributed by atoms with E-state index in [9.17, 15) is 9.59 Å². The number of halogens is 1. The summed E-state index contributed by atoms with van der Waals surface area (Å²) in [6.45, 7) is 2.00. The summed E-state index contributed by atoms with van der Waals surface area (Å²) in [6.07, 6.45) is 4.64. The van der Waals surface area contributed by atoms with Crippen LogP contribution in [0.25, 0.3) is 0 Å². The number of carbonyl (C=O) groups excluding carboxylic acids is 2. The third kappa shape index (κ3) is 5.49. The fourth-order valence-corrected chi connectivity index (χ4v) is 2.37. The molecule has 142 valence electrons. The first kappa shape index (κ1) is 20.8. The third-order valence-corrected chi connectivity index (χ3v) is 3.82. The van der Waals surface area contributed by atoms with Crippen molar-refractivity contribution in [2.24, 2.45) is 5.10 Å². The number of nitrogens with one attached hydrogen (secondary N) is 2. The van der Waals surface area contributed by atoms with Crippen molar-refractivity contribution in [1.82, 2.24) is 10.4 Å². The molecule has 2 amide bonds. The first-order chi connectivity index (χ1) is 13.1. The number of pyridine rings is 1. The lowest BCUT2D eigenvalue weighted by Crippen LogP contribution is -2.21. The van der Waals surface area contributed by atoms with Gasteiger partial charge in [-0.25, -0.2) is 5.43 Å². The first-order valence-corrected chi connectivity index (χ1v) is 8.34. The molecule has 0 fully saturated rings. The lowest BCUT2D eigenvalue weighted by atomic mass is 10.1. The Bertz CT molecular complexity index is 973. The first-order valence-electron chi connectivity index (χ1n) is 8.34. The number of nitrogens with zero attached hydrogens (tertiary/aromatic N) is 2. The minimum atomic E-state index is -0.413. The molecule has 0 saturated carbocycles. The molecular formula is C21H19ClN4O2. The Morgan fingerprint density at radius 3 is 2.32 bits per heavy atom. The van der Waals surface area contributed by atoms with Crippen molar-refractivity contribution < 1.29 is 9.59 Å². The zero-order valence-electron chi connectivity index (χ0n) is 15.1. The topological polar surface area (TPSA) is 83.5 Å². The van der Waals surface area contributed by atoms with Gasteiger partial charge >= 0.3 is 0 Å². The molecule has 0 unspecified atom stereocenters. The van der Waals surface area contributed by atoms with E-state index in [4.69, 9.17) is 0 Å². The predicted molar refractivity (Wildman–Crippen MR) is 112 cm³/mol. The van der Waals surface area contributed by atoms with Gasteiger partial charge < -0.3 is 5.32 Å². The number of carbonyl (C=O) groups is 2. The van der Waals surface area contributed by atoms with Crippen molar-refractivity contribution in [3.63, 3.8) is 0 Å². The summed E-state index contributed by atoms with van der Waals surface area (Å²) >= 11 is 0. The Morgan fingerprint density at radius 2 is 1.61 bits per heavy atom. The molecule has 0 bridgehead atoms. The van der Waals surface area contributed by atoms with Crippen LogP contribution in [0.4, 0.5) is 5.69 Å². The van der Waals surface area contributed by atoms with Gasteiger partial charge in [-0.15, -0.1) is 12.4 Å². The molecule has 0 saturated heterocycles. The number of hydrazone groups is 1. The molecule has 6 nitrogen and oxygen atoms in total. The van der Waals surface area contributed by atoms with Gasteiger partial charge in [0.25, 0.3) is 11.8 Å². The maximum Gasteiger partial charge on any atom is 0.273 e. The summed E-state index contributed by atoms with van der Waals surface area (Å²) in [7, 11) is 0. The molecule has 0 aliphatic heterocycles. The van der Waals surface area contributed by atoms with E-state index in [0.29, 0.717) is 16.8 Å². The number of amides is 2. The Morgan fingerprint density at radius 1 is 0.929 bits per heavy atom. The van der Waals surface area contributed by atoms with Crippen LogP contribution in [0, 0.1) is 6.92 Å². The Hall–Kier alpha value is -3.51. The second-order valence-electron chi connectivity index (χ2n) is 5.85. The highest BCUT2D eigenvalue weighted by atomic mass is 35.5. The Balaban J connectivity index is 0.00000280.